The summed E-state index contributed by atoms with van der Waals surface area (Å²) in [5.74, 6) is 0.952. The number of ether oxygens (including phenoxy) is 2. The van der Waals surface area contributed by atoms with Crippen molar-refractivity contribution in [3.63, 3.8) is 0 Å². The molecule has 1 heterocycles. The van der Waals surface area contributed by atoms with Crippen molar-refractivity contribution in [3.8, 4) is 11.5 Å². The van der Waals surface area contributed by atoms with Crippen molar-refractivity contribution in [2.75, 3.05) is 25.1 Å². The maximum absolute atomic E-state index is 12.1. The molecule has 0 radical (unpaired) electrons. The number of hydrogen-bond acceptors (Lipinski definition) is 4. The Balaban J connectivity index is 1.62. The topological polar surface area (TPSA) is 79.8 Å². The zero-order chi connectivity index (χ0) is 18.7. The number of aliphatic hydroxyl groups excluding tert-OH is 1. The van der Waals surface area contributed by atoms with E-state index < -0.39 is 12.1 Å². The number of aliphatic hydroxyl groups is 1. The highest BCUT2D eigenvalue weighted by molar-refractivity contribution is 6.32. The van der Waals surface area contributed by atoms with Gasteiger partial charge in [-0.05, 0) is 42.3 Å². The minimum atomic E-state index is -0.950. The molecule has 1 unspecified atom stereocenters. The van der Waals surface area contributed by atoms with Crippen LogP contribution in [0.2, 0.25) is 10.0 Å². The number of anilines is 1. The molecule has 6 nitrogen and oxygen atoms in total. The molecule has 0 aromatic heterocycles. The molecule has 1 atom stereocenters. The Morgan fingerprint density at radius 3 is 2.81 bits per heavy atom. The molecular weight excluding hydrogens is 379 g/mol. The van der Waals surface area contributed by atoms with E-state index in [4.69, 9.17) is 32.7 Å². The van der Waals surface area contributed by atoms with Crippen molar-refractivity contribution in [3.05, 3.63) is 51.5 Å². The third kappa shape index (κ3) is 4.15. The number of carbonyl (C=O) groups excluding carboxylic acids is 1. The molecule has 3 rings (SSSR count). The third-order valence-corrected chi connectivity index (χ3v) is 4.67. The fraction of sp³-hybridized carbons (Fsp3) is 0.278. The Kier molecular flexibility index (Phi) is 5.76. The van der Waals surface area contributed by atoms with E-state index in [2.05, 4.69) is 10.6 Å². The number of rotatable bonds is 4. The Bertz CT molecular complexity index is 829. The van der Waals surface area contributed by atoms with Crippen LogP contribution in [0.3, 0.4) is 0 Å². The number of hydrogen-bond donors (Lipinski definition) is 3. The van der Waals surface area contributed by atoms with Gasteiger partial charge in [-0.2, -0.15) is 0 Å². The zero-order valence-electron chi connectivity index (χ0n) is 14.0. The van der Waals surface area contributed by atoms with E-state index in [1.165, 1.54) is 0 Å². The molecule has 2 amide bonds. The quantitative estimate of drug-likeness (QED) is 0.731. The monoisotopic (exact) mass is 396 g/mol. The predicted octanol–water partition coefficient (Wildman–Crippen LogP) is 3.93. The zero-order valence-corrected chi connectivity index (χ0v) is 15.5. The fourth-order valence-electron chi connectivity index (χ4n) is 2.54. The molecule has 2 aromatic carbocycles. The fourth-order valence-corrected chi connectivity index (χ4v) is 2.99. The van der Waals surface area contributed by atoms with Gasteiger partial charge in [-0.1, -0.05) is 29.3 Å². The van der Waals surface area contributed by atoms with Crippen LogP contribution in [0, 0.1) is 6.92 Å². The smallest absolute Gasteiger partial charge is 0.319 e. The summed E-state index contributed by atoms with van der Waals surface area (Å²) in [5.41, 5.74) is 1.90. The lowest BCUT2D eigenvalue weighted by molar-refractivity contribution is 0.164. The van der Waals surface area contributed by atoms with Crippen molar-refractivity contribution in [1.29, 1.82) is 0 Å². The summed E-state index contributed by atoms with van der Waals surface area (Å²) in [6.45, 7) is 2.66. The minimum Gasteiger partial charge on any atom is -0.486 e. The molecule has 1 aliphatic heterocycles. The summed E-state index contributed by atoms with van der Waals surface area (Å²) in [6.07, 6.45) is -0.950. The lowest BCUT2D eigenvalue weighted by Gasteiger charge is -2.21. The van der Waals surface area contributed by atoms with Gasteiger partial charge in [0.05, 0.1) is 11.1 Å². The lowest BCUT2D eigenvalue weighted by atomic mass is 10.1. The first-order valence-electron chi connectivity index (χ1n) is 8.03. The molecule has 0 aliphatic carbocycles. The van der Waals surface area contributed by atoms with Gasteiger partial charge in [0.1, 0.15) is 13.2 Å². The summed E-state index contributed by atoms with van der Waals surface area (Å²) >= 11 is 12.2. The van der Waals surface area contributed by atoms with Crippen molar-refractivity contribution in [2.45, 2.75) is 13.0 Å². The second-order valence-electron chi connectivity index (χ2n) is 5.79. The van der Waals surface area contributed by atoms with Crippen LogP contribution < -0.4 is 20.1 Å². The molecule has 2 aromatic rings. The average Bonchev–Trinajstić information content (AvgIpc) is 2.63. The molecule has 0 saturated carbocycles. The lowest BCUT2D eigenvalue weighted by Crippen LogP contribution is -2.32. The molecule has 0 bridgehead atoms. The molecule has 0 spiro atoms. The maximum Gasteiger partial charge on any atom is 0.319 e. The highest BCUT2D eigenvalue weighted by atomic mass is 35.5. The summed E-state index contributed by atoms with van der Waals surface area (Å²) in [5, 5.41) is 16.6. The van der Waals surface area contributed by atoms with E-state index in [1.54, 1.807) is 30.3 Å². The standard InChI is InChI=1S/C18H18Cl2N2O4/c1-10-12(19)3-2-4-14(10)22-18(24)21-9-15(23)11-7-13(20)17-16(8-11)25-5-6-26-17/h2-4,7-8,15,23H,5-6,9H2,1H3,(H2,21,22,24). The van der Waals surface area contributed by atoms with Crippen LogP contribution >= 0.6 is 23.2 Å². The summed E-state index contributed by atoms with van der Waals surface area (Å²) in [6, 6.07) is 8.05. The number of fused-ring (bicyclic) bond motifs is 1. The SMILES string of the molecule is Cc1c(Cl)cccc1NC(=O)NCC(O)c1cc(Cl)c2c(c1)OCCO2. The number of nitrogens with one attached hydrogen (secondary N) is 2. The van der Waals surface area contributed by atoms with Gasteiger partial charge in [-0.3, -0.25) is 0 Å². The van der Waals surface area contributed by atoms with Gasteiger partial charge in [0, 0.05) is 17.3 Å². The number of amides is 2. The van der Waals surface area contributed by atoms with Crippen LogP contribution in [-0.4, -0.2) is 30.9 Å². The van der Waals surface area contributed by atoms with Gasteiger partial charge in [0.15, 0.2) is 11.5 Å². The van der Waals surface area contributed by atoms with E-state index >= 15 is 0 Å². The first kappa shape index (κ1) is 18.6. The van der Waals surface area contributed by atoms with Crippen molar-refractivity contribution >= 4 is 34.9 Å². The van der Waals surface area contributed by atoms with Crippen LogP contribution in [0.5, 0.6) is 11.5 Å². The number of urea groups is 1. The van der Waals surface area contributed by atoms with E-state index in [0.717, 1.165) is 5.56 Å². The largest absolute Gasteiger partial charge is 0.486 e. The van der Waals surface area contributed by atoms with Crippen LogP contribution in [0.15, 0.2) is 30.3 Å². The Morgan fingerprint density at radius 1 is 1.23 bits per heavy atom. The van der Waals surface area contributed by atoms with Crippen LogP contribution in [0.1, 0.15) is 17.2 Å². The van der Waals surface area contributed by atoms with Gasteiger partial charge >= 0.3 is 6.03 Å². The van der Waals surface area contributed by atoms with Gasteiger partial charge in [-0.15, -0.1) is 0 Å². The van der Waals surface area contributed by atoms with Crippen molar-refractivity contribution in [2.24, 2.45) is 0 Å². The molecule has 3 N–H and O–H groups in total. The molecular formula is C18H18Cl2N2O4. The van der Waals surface area contributed by atoms with Crippen LogP contribution in [0.25, 0.3) is 0 Å². The highest BCUT2D eigenvalue weighted by Gasteiger charge is 2.20. The summed E-state index contributed by atoms with van der Waals surface area (Å²) in [4.78, 5) is 12.1. The predicted molar refractivity (Wildman–Crippen MR) is 101 cm³/mol. The molecule has 138 valence electrons. The molecule has 1 aliphatic rings. The second-order valence-corrected chi connectivity index (χ2v) is 6.60. The van der Waals surface area contributed by atoms with Crippen molar-refractivity contribution in [1.82, 2.24) is 5.32 Å². The Labute approximate surface area is 161 Å². The molecule has 0 saturated heterocycles. The van der Waals surface area contributed by atoms with E-state index in [-0.39, 0.29) is 6.54 Å². The van der Waals surface area contributed by atoms with Gasteiger partial charge in [0.2, 0.25) is 0 Å². The highest BCUT2D eigenvalue weighted by Crippen LogP contribution is 2.39. The molecule has 0 fully saturated rings. The van der Waals surface area contributed by atoms with E-state index in [9.17, 15) is 9.90 Å². The average molecular weight is 397 g/mol. The Hall–Kier alpha value is -2.15. The summed E-state index contributed by atoms with van der Waals surface area (Å²) < 4.78 is 10.9. The normalized spacial score (nSPS) is 13.8. The van der Waals surface area contributed by atoms with Crippen LogP contribution in [0.4, 0.5) is 10.5 Å². The Morgan fingerprint density at radius 2 is 2.00 bits per heavy atom. The molecule has 26 heavy (non-hydrogen) atoms. The number of benzene rings is 2. The molecule has 8 heteroatoms. The number of carbonyl (C=O) groups is 1. The van der Waals surface area contributed by atoms with E-state index in [1.807, 2.05) is 6.92 Å². The van der Waals surface area contributed by atoms with Gasteiger partial charge in [0.25, 0.3) is 0 Å². The van der Waals surface area contributed by atoms with Crippen LogP contribution in [-0.2, 0) is 0 Å². The summed E-state index contributed by atoms with van der Waals surface area (Å²) in [7, 11) is 0. The first-order valence-corrected chi connectivity index (χ1v) is 8.78. The third-order valence-electron chi connectivity index (χ3n) is 3.98. The van der Waals surface area contributed by atoms with Gasteiger partial charge < -0.3 is 25.2 Å². The first-order chi connectivity index (χ1) is 12.5. The maximum atomic E-state index is 12.1. The van der Waals surface area contributed by atoms with E-state index in [0.29, 0.717) is 46.0 Å². The van der Waals surface area contributed by atoms with Crippen molar-refractivity contribution < 1.29 is 19.4 Å². The minimum absolute atomic E-state index is 0.00141. The second kappa shape index (κ2) is 8.03. The van der Waals surface area contributed by atoms with Gasteiger partial charge in [-0.25, -0.2) is 4.79 Å². The number of halogens is 2.